The number of methoxy groups -OCH3 is 1. The van der Waals surface area contributed by atoms with E-state index in [1.807, 2.05) is 6.26 Å². The number of benzene rings is 1. The second kappa shape index (κ2) is 5.75. The van der Waals surface area contributed by atoms with Crippen molar-refractivity contribution in [3.05, 3.63) is 29.6 Å². The van der Waals surface area contributed by atoms with E-state index in [9.17, 15) is 9.18 Å². The molecular formula is C11H13FO2S. The molecule has 0 bridgehead atoms. The number of carbonyl (C=O) groups is 1. The quantitative estimate of drug-likeness (QED) is 0.725. The number of Topliss-reactive ketones (excluding diaryl/α,β-unsaturated/α-hetero) is 1. The molecule has 0 fully saturated rings. The molecule has 0 aliphatic carbocycles. The van der Waals surface area contributed by atoms with Gasteiger partial charge in [-0.1, -0.05) is 6.07 Å². The van der Waals surface area contributed by atoms with Crippen molar-refractivity contribution in [2.75, 3.05) is 19.1 Å². The third-order valence-electron chi connectivity index (χ3n) is 2.02. The van der Waals surface area contributed by atoms with Crippen LogP contribution in [-0.2, 0) is 0 Å². The molecule has 0 unspecified atom stereocenters. The van der Waals surface area contributed by atoms with Gasteiger partial charge in [0.2, 0.25) is 0 Å². The van der Waals surface area contributed by atoms with Crippen LogP contribution in [0.15, 0.2) is 18.2 Å². The fourth-order valence-corrected chi connectivity index (χ4v) is 1.60. The summed E-state index contributed by atoms with van der Waals surface area (Å²) in [4.78, 5) is 11.6. The van der Waals surface area contributed by atoms with Crippen LogP contribution < -0.4 is 4.74 Å². The van der Waals surface area contributed by atoms with E-state index < -0.39 is 5.82 Å². The lowest BCUT2D eigenvalue weighted by molar-refractivity contribution is 0.0985. The molecule has 1 aromatic rings. The van der Waals surface area contributed by atoms with Crippen LogP contribution in [0.4, 0.5) is 4.39 Å². The normalized spacial score (nSPS) is 10.1. The fourth-order valence-electron chi connectivity index (χ4n) is 1.21. The van der Waals surface area contributed by atoms with Crippen molar-refractivity contribution in [1.82, 2.24) is 0 Å². The van der Waals surface area contributed by atoms with Gasteiger partial charge in [0.05, 0.1) is 12.7 Å². The zero-order valence-electron chi connectivity index (χ0n) is 8.75. The molecule has 0 aromatic heterocycles. The molecule has 0 aliphatic rings. The van der Waals surface area contributed by atoms with Crippen LogP contribution in [0.5, 0.6) is 5.75 Å². The molecule has 1 rings (SSSR count). The summed E-state index contributed by atoms with van der Waals surface area (Å²) in [7, 11) is 1.38. The number of hydrogen-bond donors (Lipinski definition) is 0. The first kappa shape index (κ1) is 12.0. The average Bonchev–Trinajstić information content (AvgIpc) is 2.26. The van der Waals surface area contributed by atoms with Crippen LogP contribution in [0.25, 0.3) is 0 Å². The third-order valence-corrected chi connectivity index (χ3v) is 2.63. The van der Waals surface area contributed by atoms with Crippen LogP contribution in [-0.4, -0.2) is 24.9 Å². The Bertz CT molecular complexity index is 352. The number of thioether (sulfide) groups is 1. The Balaban J connectivity index is 2.89. The van der Waals surface area contributed by atoms with Crippen LogP contribution in [0.1, 0.15) is 16.8 Å². The fraction of sp³-hybridized carbons (Fsp3) is 0.364. The van der Waals surface area contributed by atoms with Crippen molar-refractivity contribution in [3.8, 4) is 5.75 Å². The van der Waals surface area contributed by atoms with Gasteiger partial charge >= 0.3 is 0 Å². The van der Waals surface area contributed by atoms with Crippen molar-refractivity contribution in [2.24, 2.45) is 0 Å². The Morgan fingerprint density at radius 3 is 2.87 bits per heavy atom. The molecule has 0 atom stereocenters. The molecule has 0 N–H and O–H groups in total. The Kier molecular flexibility index (Phi) is 4.62. The van der Waals surface area contributed by atoms with Gasteiger partial charge in [-0.25, -0.2) is 4.39 Å². The first-order valence-electron chi connectivity index (χ1n) is 4.55. The first-order valence-corrected chi connectivity index (χ1v) is 5.94. The van der Waals surface area contributed by atoms with Gasteiger partial charge in [0.25, 0.3) is 0 Å². The maximum atomic E-state index is 13.6. The van der Waals surface area contributed by atoms with E-state index >= 15 is 0 Å². The van der Waals surface area contributed by atoms with E-state index in [0.717, 1.165) is 0 Å². The topological polar surface area (TPSA) is 26.3 Å². The third kappa shape index (κ3) is 2.96. The minimum Gasteiger partial charge on any atom is -0.494 e. The van der Waals surface area contributed by atoms with Gasteiger partial charge in [-0.05, 0) is 18.4 Å². The molecular weight excluding hydrogens is 215 g/mol. The lowest BCUT2D eigenvalue weighted by Crippen LogP contribution is -2.04. The summed E-state index contributed by atoms with van der Waals surface area (Å²) in [6, 6.07) is 4.61. The standard InChI is InChI=1S/C11H13FO2S/c1-14-10-5-3-4-8(11(10)12)9(13)6-7-15-2/h3-5H,6-7H2,1-2H3. The van der Waals surface area contributed by atoms with Crippen molar-refractivity contribution >= 4 is 17.5 Å². The Labute approximate surface area is 92.8 Å². The number of ether oxygens (including phenoxy) is 1. The summed E-state index contributed by atoms with van der Waals surface area (Å²) in [5, 5.41) is 0. The van der Waals surface area contributed by atoms with E-state index in [1.165, 1.54) is 19.2 Å². The highest BCUT2D eigenvalue weighted by molar-refractivity contribution is 7.98. The lowest BCUT2D eigenvalue weighted by atomic mass is 10.1. The number of ketones is 1. The van der Waals surface area contributed by atoms with Crippen LogP contribution >= 0.6 is 11.8 Å². The van der Waals surface area contributed by atoms with E-state index in [-0.39, 0.29) is 17.1 Å². The van der Waals surface area contributed by atoms with Crippen molar-refractivity contribution < 1.29 is 13.9 Å². The number of rotatable bonds is 5. The van der Waals surface area contributed by atoms with Crippen molar-refractivity contribution in [2.45, 2.75) is 6.42 Å². The molecule has 0 amide bonds. The summed E-state index contributed by atoms with van der Waals surface area (Å²) in [6.07, 6.45) is 2.26. The molecule has 2 nitrogen and oxygen atoms in total. The molecule has 15 heavy (non-hydrogen) atoms. The van der Waals surface area contributed by atoms with Crippen LogP contribution in [0.3, 0.4) is 0 Å². The van der Waals surface area contributed by atoms with Crippen LogP contribution in [0.2, 0.25) is 0 Å². The monoisotopic (exact) mass is 228 g/mol. The Morgan fingerprint density at radius 2 is 2.27 bits per heavy atom. The van der Waals surface area contributed by atoms with Gasteiger partial charge in [-0.15, -0.1) is 0 Å². The van der Waals surface area contributed by atoms with Gasteiger partial charge in [0.15, 0.2) is 17.3 Å². The Morgan fingerprint density at radius 1 is 1.53 bits per heavy atom. The minimum absolute atomic E-state index is 0.114. The molecule has 0 spiro atoms. The molecule has 0 saturated carbocycles. The average molecular weight is 228 g/mol. The molecule has 82 valence electrons. The largest absolute Gasteiger partial charge is 0.494 e. The van der Waals surface area contributed by atoms with Gasteiger partial charge in [0, 0.05) is 12.2 Å². The summed E-state index contributed by atoms with van der Waals surface area (Å²) >= 11 is 1.57. The van der Waals surface area contributed by atoms with Gasteiger partial charge in [-0.2, -0.15) is 11.8 Å². The predicted octanol–water partition coefficient (Wildman–Crippen LogP) is 2.77. The smallest absolute Gasteiger partial charge is 0.175 e. The second-order valence-corrected chi connectivity index (χ2v) is 3.97. The highest BCUT2D eigenvalue weighted by Gasteiger charge is 2.14. The number of hydrogen-bond acceptors (Lipinski definition) is 3. The molecule has 0 radical (unpaired) electrons. The first-order chi connectivity index (χ1) is 7.20. The van der Waals surface area contributed by atoms with Gasteiger partial charge < -0.3 is 4.74 Å². The highest BCUT2D eigenvalue weighted by Crippen LogP contribution is 2.21. The highest BCUT2D eigenvalue weighted by atomic mass is 32.2. The molecule has 4 heteroatoms. The van der Waals surface area contributed by atoms with E-state index in [2.05, 4.69) is 0 Å². The van der Waals surface area contributed by atoms with Gasteiger partial charge in [-0.3, -0.25) is 4.79 Å². The molecule has 0 saturated heterocycles. The molecule has 0 heterocycles. The van der Waals surface area contributed by atoms with Gasteiger partial charge in [0.1, 0.15) is 0 Å². The SMILES string of the molecule is COc1cccc(C(=O)CCSC)c1F. The maximum Gasteiger partial charge on any atom is 0.175 e. The van der Waals surface area contributed by atoms with E-state index in [4.69, 9.17) is 4.74 Å². The summed E-state index contributed by atoms with van der Waals surface area (Å²) < 4.78 is 18.4. The Hall–Kier alpha value is -1.03. The number of carbonyl (C=O) groups excluding carboxylic acids is 1. The van der Waals surface area contributed by atoms with Crippen LogP contribution in [0, 0.1) is 5.82 Å². The van der Waals surface area contributed by atoms with Crippen molar-refractivity contribution in [1.29, 1.82) is 0 Å². The van der Waals surface area contributed by atoms with Crippen molar-refractivity contribution in [3.63, 3.8) is 0 Å². The molecule has 1 aromatic carbocycles. The van der Waals surface area contributed by atoms with E-state index in [0.29, 0.717) is 12.2 Å². The zero-order chi connectivity index (χ0) is 11.3. The number of halogens is 1. The second-order valence-electron chi connectivity index (χ2n) is 2.99. The maximum absolute atomic E-state index is 13.6. The lowest BCUT2D eigenvalue weighted by Gasteiger charge is -2.05. The summed E-state index contributed by atoms with van der Waals surface area (Å²) in [6.45, 7) is 0. The van der Waals surface area contributed by atoms with E-state index in [1.54, 1.807) is 17.8 Å². The zero-order valence-corrected chi connectivity index (χ0v) is 9.57. The molecule has 0 aliphatic heterocycles. The minimum atomic E-state index is -0.564. The predicted molar refractivity (Wildman–Crippen MR) is 60.3 cm³/mol. The summed E-state index contributed by atoms with van der Waals surface area (Å²) in [5.41, 5.74) is 0.114. The summed E-state index contributed by atoms with van der Waals surface area (Å²) in [5.74, 6) is 0.0759.